The van der Waals surface area contributed by atoms with Gasteiger partial charge in [-0.3, -0.25) is 0 Å². The Bertz CT molecular complexity index is 349. The predicted octanol–water partition coefficient (Wildman–Crippen LogP) is 2.07. The smallest absolute Gasteiger partial charge is 0.332 e. The van der Waals surface area contributed by atoms with Gasteiger partial charge in [-0.2, -0.15) is 0 Å². The van der Waals surface area contributed by atoms with Crippen LogP contribution in [0.15, 0.2) is 24.3 Å². The molecule has 0 fully saturated rings. The van der Waals surface area contributed by atoms with E-state index in [0.717, 1.165) is 11.3 Å². The third kappa shape index (κ3) is 3.55. The third-order valence-electron chi connectivity index (χ3n) is 2.23. The van der Waals surface area contributed by atoms with Gasteiger partial charge in [-0.05, 0) is 24.1 Å². The van der Waals surface area contributed by atoms with Gasteiger partial charge in [-0.25, -0.2) is 4.79 Å². The quantitative estimate of drug-likeness (QED) is 0.803. The highest BCUT2D eigenvalue weighted by atomic mass is 16.5. The van der Waals surface area contributed by atoms with Crippen LogP contribution >= 0.6 is 0 Å². The normalized spacial score (nSPS) is 12.1. The SMILES string of the molecule is CCC(OCc1cccc(OC)c1)C(=O)O. The molecule has 1 unspecified atom stereocenters. The molecule has 4 nitrogen and oxygen atoms in total. The summed E-state index contributed by atoms with van der Waals surface area (Å²) in [5, 5.41) is 8.80. The lowest BCUT2D eigenvalue weighted by molar-refractivity contribution is -0.151. The van der Waals surface area contributed by atoms with Gasteiger partial charge in [0.15, 0.2) is 6.10 Å². The average molecular weight is 224 g/mol. The number of methoxy groups -OCH3 is 1. The molecule has 88 valence electrons. The lowest BCUT2D eigenvalue weighted by Gasteiger charge is -2.11. The van der Waals surface area contributed by atoms with Gasteiger partial charge in [-0.15, -0.1) is 0 Å². The second-order valence-electron chi connectivity index (χ2n) is 3.40. The lowest BCUT2D eigenvalue weighted by Crippen LogP contribution is -2.22. The van der Waals surface area contributed by atoms with E-state index in [9.17, 15) is 4.79 Å². The molecule has 0 saturated heterocycles. The first-order valence-electron chi connectivity index (χ1n) is 5.14. The molecule has 1 rings (SSSR count). The second-order valence-corrected chi connectivity index (χ2v) is 3.40. The van der Waals surface area contributed by atoms with E-state index >= 15 is 0 Å². The first-order valence-corrected chi connectivity index (χ1v) is 5.14. The number of carboxylic acid groups (broad SMARTS) is 1. The maximum Gasteiger partial charge on any atom is 0.332 e. The van der Waals surface area contributed by atoms with E-state index in [1.807, 2.05) is 24.3 Å². The molecule has 0 bridgehead atoms. The molecule has 0 aliphatic heterocycles. The van der Waals surface area contributed by atoms with Gasteiger partial charge in [0.2, 0.25) is 0 Å². The number of rotatable bonds is 6. The molecule has 0 heterocycles. The van der Waals surface area contributed by atoms with E-state index in [4.69, 9.17) is 14.6 Å². The van der Waals surface area contributed by atoms with E-state index in [0.29, 0.717) is 6.42 Å². The minimum absolute atomic E-state index is 0.280. The fraction of sp³-hybridized carbons (Fsp3) is 0.417. The lowest BCUT2D eigenvalue weighted by atomic mass is 10.2. The summed E-state index contributed by atoms with van der Waals surface area (Å²) in [6, 6.07) is 7.38. The van der Waals surface area contributed by atoms with Crippen LogP contribution in [-0.2, 0) is 16.1 Å². The van der Waals surface area contributed by atoms with Crippen molar-refractivity contribution in [2.24, 2.45) is 0 Å². The summed E-state index contributed by atoms with van der Waals surface area (Å²) >= 11 is 0. The fourth-order valence-electron chi connectivity index (χ4n) is 1.32. The van der Waals surface area contributed by atoms with Crippen molar-refractivity contribution in [2.75, 3.05) is 7.11 Å². The Balaban J connectivity index is 2.56. The van der Waals surface area contributed by atoms with Gasteiger partial charge < -0.3 is 14.6 Å². The van der Waals surface area contributed by atoms with Crippen molar-refractivity contribution in [3.8, 4) is 5.75 Å². The Morgan fingerprint density at radius 1 is 1.50 bits per heavy atom. The maximum atomic E-state index is 10.7. The van der Waals surface area contributed by atoms with Gasteiger partial charge in [-0.1, -0.05) is 19.1 Å². The maximum absolute atomic E-state index is 10.7. The second kappa shape index (κ2) is 6.12. The molecule has 16 heavy (non-hydrogen) atoms. The Morgan fingerprint density at radius 2 is 2.25 bits per heavy atom. The van der Waals surface area contributed by atoms with Crippen molar-refractivity contribution in [3.63, 3.8) is 0 Å². The summed E-state index contributed by atoms with van der Waals surface area (Å²) in [7, 11) is 1.59. The molecule has 1 aromatic carbocycles. The molecular weight excluding hydrogens is 208 g/mol. The monoisotopic (exact) mass is 224 g/mol. The topological polar surface area (TPSA) is 55.8 Å². The minimum atomic E-state index is -0.926. The van der Waals surface area contributed by atoms with Crippen LogP contribution in [0, 0.1) is 0 Å². The van der Waals surface area contributed by atoms with Crippen LogP contribution in [-0.4, -0.2) is 24.3 Å². The molecule has 1 aromatic rings. The Kier molecular flexibility index (Phi) is 4.79. The molecule has 1 N–H and O–H groups in total. The molecule has 4 heteroatoms. The number of hydrogen-bond donors (Lipinski definition) is 1. The number of carbonyl (C=O) groups is 1. The van der Waals surface area contributed by atoms with Gasteiger partial charge >= 0.3 is 5.97 Å². The summed E-state index contributed by atoms with van der Waals surface area (Å²) in [5.74, 6) is -0.185. The standard InChI is InChI=1S/C12H16O4/c1-3-11(12(13)14)16-8-9-5-4-6-10(7-9)15-2/h4-7,11H,3,8H2,1-2H3,(H,13,14). The highest BCUT2D eigenvalue weighted by Crippen LogP contribution is 2.14. The molecule has 0 spiro atoms. The van der Waals surface area contributed by atoms with Gasteiger partial charge in [0.05, 0.1) is 13.7 Å². The van der Waals surface area contributed by atoms with Crippen LogP contribution in [0.4, 0.5) is 0 Å². The zero-order valence-corrected chi connectivity index (χ0v) is 9.47. The number of hydrogen-bond acceptors (Lipinski definition) is 3. The van der Waals surface area contributed by atoms with Gasteiger partial charge in [0.1, 0.15) is 5.75 Å². The van der Waals surface area contributed by atoms with E-state index in [1.54, 1.807) is 14.0 Å². The molecule has 1 atom stereocenters. The van der Waals surface area contributed by atoms with Crippen LogP contribution in [0.3, 0.4) is 0 Å². The molecule has 0 aromatic heterocycles. The van der Waals surface area contributed by atoms with Gasteiger partial charge in [0, 0.05) is 0 Å². The zero-order chi connectivity index (χ0) is 12.0. The summed E-state index contributed by atoms with van der Waals surface area (Å²) in [6.07, 6.45) is -0.287. The summed E-state index contributed by atoms with van der Waals surface area (Å²) in [6.45, 7) is 2.06. The van der Waals surface area contributed by atoms with Gasteiger partial charge in [0.25, 0.3) is 0 Å². The Morgan fingerprint density at radius 3 is 2.81 bits per heavy atom. The molecule has 0 saturated carbocycles. The Hall–Kier alpha value is -1.55. The minimum Gasteiger partial charge on any atom is -0.497 e. The number of benzene rings is 1. The van der Waals surface area contributed by atoms with Crippen molar-refractivity contribution in [3.05, 3.63) is 29.8 Å². The van der Waals surface area contributed by atoms with E-state index < -0.39 is 12.1 Å². The predicted molar refractivity (Wildman–Crippen MR) is 59.5 cm³/mol. The molecule has 0 amide bonds. The highest BCUT2D eigenvalue weighted by molar-refractivity contribution is 5.72. The molecule has 0 aliphatic rings. The van der Waals surface area contributed by atoms with Crippen molar-refractivity contribution in [1.82, 2.24) is 0 Å². The average Bonchev–Trinajstić information content (AvgIpc) is 2.29. The number of ether oxygens (including phenoxy) is 2. The molecule has 0 aliphatic carbocycles. The highest BCUT2D eigenvalue weighted by Gasteiger charge is 2.15. The molecule has 0 radical (unpaired) electrons. The van der Waals surface area contributed by atoms with Crippen molar-refractivity contribution in [2.45, 2.75) is 26.1 Å². The van der Waals surface area contributed by atoms with E-state index in [1.165, 1.54) is 0 Å². The fourth-order valence-corrected chi connectivity index (χ4v) is 1.32. The van der Waals surface area contributed by atoms with Crippen molar-refractivity contribution in [1.29, 1.82) is 0 Å². The summed E-state index contributed by atoms with van der Waals surface area (Å²) in [5.41, 5.74) is 0.902. The Labute approximate surface area is 94.8 Å². The zero-order valence-electron chi connectivity index (χ0n) is 9.47. The first kappa shape index (κ1) is 12.5. The van der Waals surface area contributed by atoms with Crippen molar-refractivity contribution >= 4 is 5.97 Å². The van der Waals surface area contributed by atoms with E-state index in [2.05, 4.69) is 0 Å². The molecular formula is C12H16O4. The van der Waals surface area contributed by atoms with Crippen LogP contribution in [0.2, 0.25) is 0 Å². The largest absolute Gasteiger partial charge is 0.497 e. The van der Waals surface area contributed by atoms with Crippen molar-refractivity contribution < 1.29 is 19.4 Å². The van der Waals surface area contributed by atoms with E-state index in [-0.39, 0.29) is 6.61 Å². The first-order chi connectivity index (χ1) is 7.67. The summed E-state index contributed by atoms with van der Waals surface area (Å²) < 4.78 is 10.3. The van der Waals surface area contributed by atoms with Crippen LogP contribution in [0.25, 0.3) is 0 Å². The van der Waals surface area contributed by atoms with Crippen LogP contribution in [0.5, 0.6) is 5.75 Å². The number of carboxylic acids is 1. The third-order valence-corrected chi connectivity index (χ3v) is 2.23. The van der Waals surface area contributed by atoms with Crippen LogP contribution < -0.4 is 4.74 Å². The number of aliphatic carboxylic acids is 1. The summed E-state index contributed by atoms with van der Waals surface area (Å²) in [4.78, 5) is 10.7. The van der Waals surface area contributed by atoms with Crippen LogP contribution in [0.1, 0.15) is 18.9 Å².